The Balaban J connectivity index is 3.07. The van der Waals surface area contributed by atoms with Crippen LogP contribution in [0, 0.1) is 5.82 Å². The van der Waals surface area contributed by atoms with Crippen molar-refractivity contribution in [2.24, 2.45) is 0 Å². The number of carbonyl (C=O) groups excluding carboxylic acids is 1. The minimum Gasteiger partial charge on any atom is -0.294 e. The highest BCUT2D eigenvalue weighted by Gasteiger charge is 2.11. The Morgan fingerprint density at radius 1 is 1.62 bits per heavy atom. The van der Waals surface area contributed by atoms with Crippen molar-refractivity contribution in [1.29, 1.82) is 0 Å². The Morgan fingerprint density at radius 2 is 2.31 bits per heavy atom. The number of halogens is 2. The molecule has 1 nitrogen and oxygen atoms in total. The number of hydrogen-bond donors (Lipinski definition) is 0. The smallest absolute Gasteiger partial charge is 0.168 e. The quantitative estimate of drug-likeness (QED) is 0.538. The number of rotatable bonds is 3. The van der Waals surface area contributed by atoms with E-state index in [4.69, 9.17) is 11.6 Å². The normalized spacial score (nSPS) is 9.69. The number of allylic oxidation sites excluding steroid dienone is 1. The zero-order chi connectivity index (χ0) is 9.84. The lowest BCUT2D eigenvalue weighted by atomic mass is 10.1. The molecule has 0 aromatic heterocycles. The standard InChI is InChI=1S/C10H8ClFO/c1-2-4-9(13)7-5-3-6-8(12)10(7)11/h2-3,5-6H,1,4H2. The highest BCUT2D eigenvalue weighted by Crippen LogP contribution is 2.20. The van der Waals surface area contributed by atoms with Crippen LogP contribution in [0.15, 0.2) is 30.9 Å². The fraction of sp³-hybridized carbons (Fsp3) is 0.100. The maximum atomic E-state index is 12.9. The fourth-order valence-electron chi connectivity index (χ4n) is 0.960. The van der Waals surface area contributed by atoms with Gasteiger partial charge in [0.2, 0.25) is 0 Å². The SMILES string of the molecule is C=CCC(=O)c1cccc(F)c1Cl. The molecule has 0 amide bonds. The maximum Gasteiger partial charge on any atom is 0.168 e. The fourth-order valence-corrected chi connectivity index (χ4v) is 1.19. The summed E-state index contributed by atoms with van der Waals surface area (Å²) in [6.45, 7) is 3.42. The number of ketones is 1. The Bertz CT molecular complexity index is 347. The molecular weight excluding hydrogens is 191 g/mol. The zero-order valence-electron chi connectivity index (χ0n) is 6.89. The number of hydrogen-bond acceptors (Lipinski definition) is 1. The second kappa shape index (κ2) is 4.19. The predicted molar refractivity (Wildman–Crippen MR) is 50.6 cm³/mol. The van der Waals surface area contributed by atoms with Gasteiger partial charge in [0.15, 0.2) is 5.78 Å². The molecular formula is C10H8ClFO. The second-order valence-electron chi connectivity index (χ2n) is 2.52. The maximum absolute atomic E-state index is 12.9. The van der Waals surface area contributed by atoms with Crippen molar-refractivity contribution in [2.45, 2.75) is 6.42 Å². The number of Topliss-reactive ketones (excluding diaryl/α,β-unsaturated/α-hetero) is 1. The zero-order valence-corrected chi connectivity index (χ0v) is 7.64. The van der Waals surface area contributed by atoms with Crippen molar-refractivity contribution in [3.8, 4) is 0 Å². The molecule has 0 aliphatic heterocycles. The molecule has 0 N–H and O–H groups in total. The van der Waals surface area contributed by atoms with Gasteiger partial charge < -0.3 is 0 Å². The van der Waals surface area contributed by atoms with Crippen LogP contribution in [0.3, 0.4) is 0 Å². The van der Waals surface area contributed by atoms with Crippen LogP contribution < -0.4 is 0 Å². The minimum absolute atomic E-state index is 0.116. The highest BCUT2D eigenvalue weighted by molar-refractivity contribution is 6.34. The third-order valence-corrected chi connectivity index (χ3v) is 1.97. The Hall–Kier alpha value is -1.15. The third kappa shape index (κ3) is 2.16. The number of benzene rings is 1. The van der Waals surface area contributed by atoms with Crippen LogP contribution in [-0.4, -0.2) is 5.78 Å². The molecule has 13 heavy (non-hydrogen) atoms. The van der Waals surface area contributed by atoms with E-state index in [0.29, 0.717) is 0 Å². The van der Waals surface area contributed by atoms with Crippen molar-refractivity contribution in [2.75, 3.05) is 0 Å². The van der Waals surface area contributed by atoms with Gasteiger partial charge in [-0.2, -0.15) is 0 Å². The monoisotopic (exact) mass is 198 g/mol. The molecule has 0 bridgehead atoms. The molecule has 0 spiro atoms. The van der Waals surface area contributed by atoms with Gasteiger partial charge in [0, 0.05) is 12.0 Å². The van der Waals surface area contributed by atoms with E-state index in [1.54, 1.807) is 0 Å². The Morgan fingerprint density at radius 3 is 2.92 bits per heavy atom. The summed E-state index contributed by atoms with van der Waals surface area (Å²) in [4.78, 5) is 11.3. The average molecular weight is 199 g/mol. The Kier molecular flexibility index (Phi) is 3.20. The first-order valence-corrected chi connectivity index (χ1v) is 4.12. The van der Waals surface area contributed by atoms with Crippen LogP contribution in [0.4, 0.5) is 4.39 Å². The molecule has 3 heteroatoms. The van der Waals surface area contributed by atoms with Crippen molar-refractivity contribution in [3.63, 3.8) is 0 Å². The molecule has 0 atom stereocenters. The second-order valence-corrected chi connectivity index (χ2v) is 2.90. The lowest BCUT2D eigenvalue weighted by Crippen LogP contribution is -1.99. The first-order valence-electron chi connectivity index (χ1n) is 3.75. The summed E-state index contributed by atoms with van der Waals surface area (Å²) in [5.74, 6) is -0.795. The molecule has 68 valence electrons. The summed E-state index contributed by atoms with van der Waals surface area (Å²) >= 11 is 5.59. The van der Waals surface area contributed by atoms with Crippen molar-refractivity contribution >= 4 is 17.4 Å². The van der Waals surface area contributed by atoms with Crippen LogP contribution in [0.25, 0.3) is 0 Å². The summed E-state index contributed by atoms with van der Waals surface area (Å²) < 4.78 is 12.9. The topological polar surface area (TPSA) is 17.1 Å². The van der Waals surface area contributed by atoms with E-state index in [0.717, 1.165) is 0 Å². The first-order chi connectivity index (χ1) is 6.16. The Labute approximate surface area is 80.8 Å². The van der Waals surface area contributed by atoms with Crippen LogP contribution in [0.1, 0.15) is 16.8 Å². The lowest BCUT2D eigenvalue weighted by molar-refractivity contribution is 0.0995. The van der Waals surface area contributed by atoms with E-state index >= 15 is 0 Å². The third-order valence-electron chi connectivity index (χ3n) is 1.58. The molecule has 0 heterocycles. The summed E-state index contributed by atoms with van der Waals surface area (Å²) in [7, 11) is 0. The van der Waals surface area contributed by atoms with Gasteiger partial charge in [-0.1, -0.05) is 23.7 Å². The van der Waals surface area contributed by atoms with E-state index in [2.05, 4.69) is 6.58 Å². The summed E-state index contributed by atoms with van der Waals surface area (Å²) in [6.07, 6.45) is 1.63. The van der Waals surface area contributed by atoms with E-state index in [9.17, 15) is 9.18 Å². The molecule has 0 radical (unpaired) electrons. The highest BCUT2D eigenvalue weighted by atomic mass is 35.5. The van der Waals surface area contributed by atoms with E-state index < -0.39 is 5.82 Å². The van der Waals surface area contributed by atoms with Gasteiger partial charge in [-0.3, -0.25) is 4.79 Å². The lowest BCUT2D eigenvalue weighted by Gasteiger charge is -2.01. The van der Waals surface area contributed by atoms with E-state index in [-0.39, 0.29) is 22.8 Å². The van der Waals surface area contributed by atoms with Gasteiger partial charge >= 0.3 is 0 Å². The first kappa shape index (κ1) is 9.93. The van der Waals surface area contributed by atoms with Gasteiger partial charge in [-0.05, 0) is 12.1 Å². The van der Waals surface area contributed by atoms with E-state index in [1.807, 2.05) is 0 Å². The van der Waals surface area contributed by atoms with Crippen molar-refractivity contribution in [3.05, 3.63) is 47.3 Å². The van der Waals surface area contributed by atoms with Crippen LogP contribution in [0.5, 0.6) is 0 Å². The summed E-state index contributed by atoms with van der Waals surface area (Å²) in [5, 5.41) is -0.116. The van der Waals surface area contributed by atoms with E-state index in [1.165, 1.54) is 24.3 Å². The largest absolute Gasteiger partial charge is 0.294 e. The molecule has 1 rings (SSSR count). The van der Waals surface area contributed by atoms with Gasteiger partial charge in [0.05, 0.1) is 5.02 Å². The molecule has 0 saturated carbocycles. The molecule has 1 aromatic carbocycles. The molecule has 0 aliphatic carbocycles. The summed E-state index contributed by atoms with van der Waals surface area (Å²) in [6, 6.07) is 4.17. The predicted octanol–water partition coefficient (Wildman–Crippen LogP) is 3.24. The summed E-state index contributed by atoms with van der Waals surface area (Å²) in [5.41, 5.74) is 0.210. The molecule has 0 aliphatic rings. The molecule has 0 fully saturated rings. The molecule has 1 aromatic rings. The van der Waals surface area contributed by atoms with Gasteiger partial charge in [-0.15, -0.1) is 6.58 Å². The van der Waals surface area contributed by atoms with Crippen molar-refractivity contribution < 1.29 is 9.18 Å². The van der Waals surface area contributed by atoms with Gasteiger partial charge in [0.25, 0.3) is 0 Å². The van der Waals surface area contributed by atoms with Gasteiger partial charge in [0.1, 0.15) is 5.82 Å². The van der Waals surface area contributed by atoms with Crippen LogP contribution >= 0.6 is 11.6 Å². The van der Waals surface area contributed by atoms with Crippen LogP contribution in [0.2, 0.25) is 5.02 Å². The average Bonchev–Trinajstić information content (AvgIpc) is 2.10. The molecule has 0 saturated heterocycles. The van der Waals surface area contributed by atoms with Crippen LogP contribution in [-0.2, 0) is 0 Å². The number of carbonyl (C=O) groups is 1. The van der Waals surface area contributed by atoms with Crippen molar-refractivity contribution in [1.82, 2.24) is 0 Å². The van der Waals surface area contributed by atoms with Gasteiger partial charge in [-0.25, -0.2) is 4.39 Å². The minimum atomic E-state index is -0.573. The molecule has 0 unspecified atom stereocenters.